The molecule has 0 radical (unpaired) electrons. The molecule has 1 aliphatic heterocycles. The highest BCUT2D eigenvalue weighted by molar-refractivity contribution is 7.89. The normalized spacial score (nSPS) is 19.9. The summed E-state index contributed by atoms with van der Waals surface area (Å²) in [6.45, 7) is 5.28. The van der Waals surface area contributed by atoms with Crippen LogP contribution in [0.25, 0.3) is 0 Å². The molecule has 2 rings (SSSR count). The Labute approximate surface area is 108 Å². The van der Waals surface area contributed by atoms with Crippen molar-refractivity contribution in [2.75, 3.05) is 25.5 Å². The maximum atomic E-state index is 12.5. The Balaban J connectivity index is 2.38. The van der Waals surface area contributed by atoms with Crippen molar-refractivity contribution in [1.82, 2.24) is 9.29 Å². The first kappa shape index (κ1) is 13.3. The summed E-state index contributed by atoms with van der Waals surface area (Å²) in [6.07, 6.45) is 2.39. The van der Waals surface area contributed by atoms with E-state index in [2.05, 4.69) is 24.1 Å². The Bertz CT molecular complexity index is 540. The van der Waals surface area contributed by atoms with E-state index in [9.17, 15) is 8.42 Å². The molecule has 1 N–H and O–H groups in total. The van der Waals surface area contributed by atoms with Gasteiger partial charge in [-0.25, -0.2) is 13.4 Å². The van der Waals surface area contributed by atoms with E-state index in [-0.39, 0.29) is 10.4 Å². The molecule has 1 aromatic heterocycles. The summed E-state index contributed by atoms with van der Waals surface area (Å²) >= 11 is 0. The largest absolute Gasteiger partial charge is 0.386 e. The van der Waals surface area contributed by atoms with Gasteiger partial charge in [0.15, 0.2) is 5.03 Å². The number of hydrogen-bond donors (Lipinski definition) is 1. The van der Waals surface area contributed by atoms with Gasteiger partial charge in [-0.15, -0.1) is 0 Å². The van der Waals surface area contributed by atoms with E-state index >= 15 is 0 Å². The zero-order chi connectivity index (χ0) is 13.4. The van der Waals surface area contributed by atoms with Crippen LogP contribution in [0, 0.1) is 5.41 Å². The maximum Gasteiger partial charge on any atom is 0.262 e. The van der Waals surface area contributed by atoms with Crippen LogP contribution in [0.4, 0.5) is 5.69 Å². The number of hydrogen-bond acceptors (Lipinski definition) is 4. The third-order valence-electron chi connectivity index (χ3n) is 3.27. The molecule has 0 unspecified atom stereocenters. The molecule has 0 spiro atoms. The molecule has 1 fully saturated rings. The van der Waals surface area contributed by atoms with E-state index in [1.54, 1.807) is 19.2 Å². The van der Waals surface area contributed by atoms with Gasteiger partial charge in [-0.3, -0.25) is 0 Å². The number of anilines is 1. The number of aromatic nitrogens is 1. The molecule has 5 nitrogen and oxygen atoms in total. The number of sulfonamides is 1. The van der Waals surface area contributed by atoms with Crippen LogP contribution in [0.5, 0.6) is 0 Å². The van der Waals surface area contributed by atoms with Crippen molar-refractivity contribution in [3.8, 4) is 0 Å². The predicted molar refractivity (Wildman–Crippen MR) is 70.9 cm³/mol. The quantitative estimate of drug-likeness (QED) is 0.904. The van der Waals surface area contributed by atoms with Crippen LogP contribution in [-0.2, 0) is 10.0 Å². The third-order valence-corrected chi connectivity index (χ3v) is 5.07. The number of nitrogens with zero attached hydrogens (tertiary/aromatic N) is 2. The molecule has 18 heavy (non-hydrogen) atoms. The minimum Gasteiger partial charge on any atom is -0.386 e. The second-order valence-corrected chi connectivity index (χ2v) is 7.21. The summed E-state index contributed by atoms with van der Waals surface area (Å²) in [5.41, 5.74) is 0.587. The molecule has 1 saturated heterocycles. The van der Waals surface area contributed by atoms with Gasteiger partial charge in [-0.2, -0.15) is 4.31 Å². The SMILES string of the molecule is CNc1cccnc1S(=O)(=O)N1CCC(C)(C)C1. The van der Waals surface area contributed by atoms with Gasteiger partial charge in [0, 0.05) is 26.3 Å². The summed E-state index contributed by atoms with van der Waals surface area (Å²) < 4.78 is 26.6. The number of nitrogens with one attached hydrogen (secondary N) is 1. The molecule has 0 bridgehead atoms. The number of pyridine rings is 1. The summed E-state index contributed by atoms with van der Waals surface area (Å²) in [5.74, 6) is 0. The minimum absolute atomic E-state index is 0.0433. The van der Waals surface area contributed by atoms with Crippen LogP contribution in [0.15, 0.2) is 23.4 Å². The predicted octanol–water partition coefficient (Wildman–Crippen LogP) is 1.54. The first-order chi connectivity index (χ1) is 8.37. The van der Waals surface area contributed by atoms with Crippen LogP contribution in [-0.4, -0.2) is 37.8 Å². The smallest absolute Gasteiger partial charge is 0.262 e. The van der Waals surface area contributed by atoms with Crippen molar-refractivity contribution in [2.45, 2.75) is 25.3 Å². The van der Waals surface area contributed by atoms with Crippen molar-refractivity contribution in [3.63, 3.8) is 0 Å². The fraction of sp³-hybridized carbons (Fsp3) is 0.583. The second kappa shape index (κ2) is 4.51. The molecule has 0 aromatic carbocycles. The standard InChI is InChI=1S/C12H19N3O2S/c1-12(2)6-8-15(9-12)18(16,17)11-10(13-3)5-4-7-14-11/h4-5,7,13H,6,8-9H2,1-3H3. The van der Waals surface area contributed by atoms with Crippen LogP contribution in [0.1, 0.15) is 20.3 Å². The van der Waals surface area contributed by atoms with Crippen molar-refractivity contribution in [1.29, 1.82) is 0 Å². The monoisotopic (exact) mass is 269 g/mol. The van der Waals surface area contributed by atoms with Crippen LogP contribution in [0.3, 0.4) is 0 Å². The van der Waals surface area contributed by atoms with Crippen molar-refractivity contribution in [2.24, 2.45) is 5.41 Å². The zero-order valence-corrected chi connectivity index (χ0v) is 11.8. The minimum atomic E-state index is -3.49. The Morgan fingerprint density at radius 1 is 1.44 bits per heavy atom. The molecule has 0 aliphatic carbocycles. The van der Waals surface area contributed by atoms with Gasteiger partial charge in [-0.1, -0.05) is 13.8 Å². The van der Waals surface area contributed by atoms with Crippen molar-refractivity contribution >= 4 is 15.7 Å². The average molecular weight is 269 g/mol. The van der Waals surface area contributed by atoms with E-state index in [1.807, 2.05) is 0 Å². The fourth-order valence-electron chi connectivity index (χ4n) is 2.18. The molecule has 1 aliphatic rings. The van der Waals surface area contributed by atoms with Gasteiger partial charge in [0.2, 0.25) is 0 Å². The van der Waals surface area contributed by atoms with Gasteiger partial charge >= 0.3 is 0 Å². The van der Waals surface area contributed by atoms with Gasteiger partial charge < -0.3 is 5.32 Å². The zero-order valence-electron chi connectivity index (χ0n) is 11.0. The van der Waals surface area contributed by atoms with Gasteiger partial charge in [-0.05, 0) is 24.0 Å². The van der Waals surface area contributed by atoms with Crippen molar-refractivity contribution < 1.29 is 8.42 Å². The lowest BCUT2D eigenvalue weighted by atomic mass is 9.93. The van der Waals surface area contributed by atoms with E-state index in [1.165, 1.54) is 10.5 Å². The first-order valence-electron chi connectivity index (χ1n) is 6.00. The molecule has 0 atom stereocenters. The summed E-state index contributed by atoms with van der Waals surface area (Å²) in [4.78, 5) is 4.02. The lowest BCUT2D eigenvalue weighted by molar-refractivity contribution is 0.375. The lowest BCUT2D eigenvalue weighted by Gasteiger charge is -2.20. The summed E-state index contributed by atoms with van der Waals surface area (Å²) in [7, 11) is -1.79. The van der Waals surface area contributed by atoms with E-state index in [0.29, 0.717) is 18.8 Å². The van der Waals surface area contributed by atoms with Gasteiger partial charge in [0.1, 0.15) is 0 Å². The van der Waals surface area contributed by atoms with Gasteiger partial charge in [0.25, 0.3) is 10.0 Å². The van der Waals surface area contributed by atoms with Crippen LogP contribution < -0.4 is 5.32 Å². The topological polar surface area (TPSA) is 62.3 Å². The Morgan fingerprint density at radius 2 is 2.17 bits per heavy atom. The Hall–Kier alpha value is -1.14. The van der Waals surface area contributed by atoms with Crippen molar-refractivity contribution in [3.05, 3.63) is 18.3 Å². The molecular formula is C12H19N3O2S. The maximum absolute atomic E-state index is 12.5. The molecule has 1 aromatic rings. The van der Waals surface area contributed by atoms with E-state index in [4.69, 9.17) is 0 Å². The van der Waals surface area contributed by atoms with Crippen LogP contribution in [0.2, 0.25) is 0 Å². The average Bonchev–Trinajstić information content (AvgIpc) is 2.70. The molecule has 0 saturated carbocycles. The van der Waals surface area contributed by atoms with Gasteiger partial charge in [0.05, 0.1) is 5.69 Å². The first-order valence-corrected chi connectivity index (χ1v) is 7.44. The molecule has 100 valence electrons. The highest BCUT2D eigenvalue weighted by atomic mass is 32.2. The fourth-order valence-corrected chi connectivity index (χ4v) is 3.91. The lowest BCUT2D eigenvalue weighted by Crippen LogP contribution is -2.31. The van der Waals surface area contributed by atoms with Crippen LogP contribution >= 0.6 is 0 Å². The van der Waals surface area contributed by atoms with E-state index in [0.717, 1.165) is 6.42 Å². The summed E-state index contributed by atoms with van der Waals surface area (Å²) in [6, 6.07) is 3.44. The number of rotatable bonds is 3. The third kappa shape index (κ3) is 2.35. The highest BCUT2D eigenvalue weighted by Gasteiger charge is 2.38. The summed E-state index contributed by atoms with van der Waals surface area (Å²) in [5, 5.41) is 2.99. The molecule has 0 amide bonds. The second-order valence-electron chi connectivity index (χ2n) is 5.36. The Morgan fingerprint density at radius 3 is 2.72 bits per heavy atom. The van der Waals surface area contributed by atoms with E-state index < -0.39 is 10.0 Å². The highest BCUT2D eigenvalue weighted by Crippen LogP contribution is 2.33. The molecule has 6 heteroatoms. The molecule has 2 heterocycles. The molecular weight excluding hydrogens is 250 g/mol. The Kier molecular flexibility index (Phi) is 3.33.